The maximum atomic E-state index is 10.4. The summed E-state index contributed by atoms with van der Waals surface area (Å²) in [6.45, 7) is 6.83. The van der Waals surface area contributed by atoms with Crippen LogP contribution in [0.15, 0.2) is 24.3 Å². The number of hydrogen-bond donors (Lipinski definition) is 1. The van der Waals surface area contributed by atoms with Gasteiger partial charge in [-0.15, -0.1) is 0 Å². The minimum Gasteiger partial charge on any atom is -0.491 e. The number of β-amino-alcohol motifs (C(OH)–C–C–N with tert-alkyl or cyclic N) is 1. The summed E-state index contributed by atoms with van der Waals surface area (Å²) < 4.78 is 5.63. The summed E-state index contributed by atoms with van der Waals surface area (Å²) in [4.78, 5) is 4.61. The molecule has 1 fully saturated rings. The lowest BCUT2D eigenvalue weighted by Gasteiger charge is -2.22. The van der Waals surface area contributed by atoms with Crippen LogP contribution < -0.4 is 4.74 Å². The molecule has 1 N–H and O–H groups in total. The van der Waals surface area contributed by atoms with Gasteiger partial charge in [0.1, 0.15) is 5.75 Å². The van der Waals surface area contributed by atoms with E-state index in [-0.39, 0.29) is 6.10 Å². The molecule has 0 aliphatic carbocycles. The number of aliphatic hydroxyl groups is 1. The lowest BCUT2D eigenvalue weighted by atomic mass is 10.1. The Labute approximate surface area is 128 Å². The molecular formula is C17H28N2O2. The first kappa shape index (κ1) is 16.3. The van der Waals surface area contributed by atoms with Crippen LogP contribution in [0.25, 0.3) is 0 Å². The Morgan fingerprint density at radius 1 is 1.29 bits per heavy atom. The topological polar surface area (TPSA) is 35.9 Å². The van der Waals surface area contributed by atoms with Crippen LogP contribution in [0.3, 0.4) is 0 Å². The van der Waals surface area contributed by atoms with Crippen LogP contribution in [0.1, 0.15) is 31.9 Å². The summed E-state index contributed by atoms with van der Waals surface area (Å²) >= 11 is 0. The monoisotopic (exact) mass is 292 g/mol. The molecule has 0 saturated carbocycles. The number of rotatable bonds is 6. The van der Waals surface area contributed by atoms with Crippen LogP contribution in [-0.4, -0.2) is 60.8 Å². The molecule has 21 heavy (non-hydrogen) atoms. The zero-order valence-corrected chi connectivity index (χ0v) is 13.6. The molecular weight excluding hydrogens is 264 g/mol. The zero-order valence-electron chi connectivity index (χ0n) is 13.6. The van der Waals surface area contributed by atoms with E-state index < -0.39 is 6.10 Å². The maximum Gasteiger partial charge on any atom is 0.119 e. The molecule has 4 heteroatoms. The van der Waals surface area contributed by atoms with Crippen molar-refractivity contribution in [2.75, 3.05) is 33.7 Å². The Balaban J connectivity index is 1.87. The van der Waals surface area contributed by atoms with Crippen LogP contribution in [0.4, 0.5) is 0 Å². The number of aliphatic hydroxyl groups excluding tert-OH is 1. The third-order valence-electron chi connectivity index (χ3n) is 4.05. The fourth-order valence-corrected chi connectivity index (χ4v) is 2.79. The van der Waals surface area contributed by atoms with E-state index in [0.29, 0.717) is 12.6 Å². The van der Waals surface area contributed by atoms with Gasteiger partial charge >= 0.3 is 0 Å². The van der Waals surface area contributed by atoms with Gasteiger partial charge in [0.05, 0.1) is 12.2 Å². The normalized spacial score (nSPS) is 21.2. The first-order valence-corrected chi connectivity index (χ1v) is 7.79. The molecule has 0 spiro atoms. The van der Waals surface area contributed by atoms with Crippen molar-refractivity contribution in [3.63, 3.8) is 0 Å². The molecule has 118 valence electrons. The average Bonchev–Trinajstić information content (AvgIpc) is 2.87. The SMILES string of the molecule is CC(C)Oc1ccc(C(O)CN2CCC(N(C)C)C2)cc1. The van der Waals surface area contributed by atoms with Crippen LogP contribution in [0.5, 0.6) is 5.75 Å². The van der Waals surface area contributed by atoms with Crippen LogP contribution >= 0.6 is 0 Å². The Morgan fingerprint density at radius 3 is 2.48 bits per heavy atom. The summed E-state index contributed by atoms with van der Waals surface area (Å²) in [6, 6.07) is 8.40. The van der Waals surface area contributed by atoms with Crippen molar-refractivity contribution in [3.8, 4) is 5.75 Å². The van der Waals surface area contributed by atoms with Gasteiger partial charge in [-0.2, -0.15) is 0 Å². The highest BCUT2D eigenvalue weighted by molar-refractivity contribution is 5.28. The second-order valence-electron chi connectivity index (χ2n) is 6.42. The van der Waals surface area contributed by atoms with Gasteiger partial charge in [-0.05, 0) is 58.6 Å². The standard InChI is InChI=1S/C17H28N2O2/c1-13(2)21-16-7-5-14(6-8-16)17(20)12-19-10-9-15(11-19)18(3)4/h5-8,13,15,17,20H,9-12H2,1-4H3. The van der Waals surface area contributed by atoms with E-state index >= 15 is 0 Å². The van der Waals surface area contributed by atoms with Crippen LogP contribution in [0, 0.1) is 0 Å². The molecule has 0 amide bonds. The molecule has 0 aromatic heterocycles. The molecule has 4 nitrogen and oxygen atoms in total. The van der Waals surface area contributed by atoms with Gasteiger partial charge in [0.15, 0.2) is 0 Å². The smallest absolute Gasteiger partial charge is 0.119 e. The molecule has 0 bridgehead atoms. The summed E-state index contributed by atoms with van der Waals surface area (Å²) in [5.41, 5.74) is 0.958. The number of likely N-dealkylation sites (tertiary alicyclic amines) is 1. The zero-order chi connectivity index (χ0) is 15.4. The molecule has 1 aliphatic rings. The second kappa shape index (κ2) is 7.25. The predicted molar refractivity (Wildman–Crippen MR) is 85.7 cm³/mol. The molecule has 2 rings (SSSR count). The van der Waals surface area contributed by atoms with Crippen molar-refractivity contribution >= 4 is 0 Å². The van der Waals surface area contributed by atoms with Gasteiger partial charge in [-0.1, -0.05) is 12.1 Å². The first-order chi connectivity index (χ1) is 9.95. The van der Waals surface area contributed by atoms with Crippen molar-refractivity contribution in [1.29, 1.82) is 0 Å². The van der Waals surface area contributed by atoms with Gasteiger partial charge < -0.3 is 14.7 Å². The Bertz CT molecular complexity index is 431. The number of ether oxygens (including phenoxy) is 1. The van der Waals surface area contributed by atoms with Gasteiger partial charge in [0.2, 0.25) is 0 Å². The van der Waals surface area contributed by atoms with Gasteiger partial charge in [-0.25, -0.2) is 0 Å². The Hall–Kier alpha value is -1.10. The van der Waals surface area contributed by atoms with E-state index in [9.17, 15) is 5.11 Å². The van der Waals surface area contributed by atoms with Crippen molar-refractivity contribution in [3.05, 3.63) is 29.8 Å². The number of likely N-dealkylation sites (N-methyl/N-ethyl adjacent to an activating group) is 1. The van der Waals surface area contributed by atoms with Crippen molar-refractivity contribution in [2.24, 2.45) is 0 Å². The Morgan fingerprint density at radius 2 is 1.95 bits per heavy atom. The molecule has 1 aromatic carbocycles. The van der Waals surface area contributed by atoms with Crippen molar-refractivity contribution < 1.29 is 9.84 Å². The molecule has 1 saturated heterocycles. The third kappa shape index (κ3) is 4.70. The number of benzene rings is 1. The van der Waals surface area contributed by atoms with Gasteiger partial charge in [0, 0.05) is 19.1 Å². The van der Waals surface area contributed by atoms with E-state index in [0.717, 1.165) is 24.4 Å². The molecule has 1 aromatic rings. The van der Waals surface area contributed by atoms with E-state index in [1.54, 1.807) is 0 Å². The van der Waals surface area contributed by atoms with Gasteiger partial charge in [0.25, 0.3) is 0 Å². The summed E-state index contributed by atoms with van der Waals surface area (Å²) in [7, 11) is 4.25. The van der Waals surface area contributed by atoms with Crippen molar-refractivity contribution in [2.45, 2.75) is 38.5 Å². The van der Waals surface area contributed by atoms with E-state index in [2.05, 4.69) is 23.9 Å². The minimum absolute atomic E-state index is 0.174. The van der Waals surface area contributed by atoms with Gasteiger partial charge in [-0.3, -0.25) is 4.90 Å². The lowest BCUT2D eigenvalue weighted by Crippen LogP contribution is -2.33. The minimum atomic E-state index is -0.431. The largest absolute Gasteiger partial charge is 0.491 e. The number of hydrogen-bond acceptors (Lipinski definition) is 4. The third-order valence-corrected chi connectivity index (χ3v) is 4.05. The van der Waals surface area contributed by atoms with Crippen molar-refractivity contribution in [1.82, 2.24) is 9.80 Å². The number of nitrogens with zero attached hydrogens (tertiary/aromatic N) is 2. The molecule has 2 unspecified atom stereocenters. The highest BCUT2D eigenvalue weighted by Crippen LogP contribution is 2.22. The molecule has 0 radical (unpaired) electrons. The fraction of sp³-hybridized carbons (Fsp3) is 0.647. The summed E-state index contributed by atoms with van der Waals surface area (Å²) in [6.07, 6.45) is 0.924. The molecule has 1 heterocycles. The lowest BCUT2D eigenvalue weighted by molar-refractivity contribution is 0.122. The van der Waals surface area contributed by atoms with E-state index in [4.69, 9.17) is 4.74 Å². The van der Waals surface area contributed by atoms with E-state index in [1.165, 1.54) is 6.42 Å². The van der Waals surface area contributed by atoms with E-state index in [1.807, 2.05) is 38.1 Å². The second-order valence-corrected chi connectivity index (χ2v) is 6.42. The average molecular weight is 292 g/mol. The highest BCUT2D eigenvalue weighted by atomic mass is 16.5. The fourth-order valence-electron chi connectivity index (χ4n) is 2.79. The highest BCUT2D eigenvalue weighted by Gasteiger charge is 2.25. The van der Waals surface area contributed by atoms with Crippen LogP contribution in [0.2, 0.25) is 0 Å². The summed E-state index contributed by atoms with van der Waals surface area (Å²) in [5, 5.41) is 10.4. The molecule has 2 atom stereocenters. The first-order valence-electron chi connectivity index (χ1n) is 7.79. The molecule has 1 aliphatic heterocycles. The predicted octanol–water partition coefficient (Wildman–Crippen LogP) is 2.14. The maximum absolute atomic E-state index is 10.4. The van der Waals surface area contributed by atoms with Crippen LogP contribution in [-0.2, 0) is 0 Å². The quantitative estimate of drug-likeness (QED) is 0.871. The summed E-state index contributed by atoms with van der Waals surface area (Å²) in [5.74, 6) is 0.856. The Kier molecular flexibility index (Phi) is 5.62.